The Hall–Kier alpha value is -0.440. The van der Waals surface area contributed by atoms with E-state index in [1.165, 1.54) is 0 Å². The van der Waals surface area contributed by atoms with Crippen molar-refractivity contribution in [2.45, 2.75) is 6.54 Å². The van der Waals surface area contributed by atoms with Crippen LogP contribution in [0.25, 0.3) is 0 Å². The van der Waals surface area contributed by atoms with E-state index in [1.807, 2.05) is 13.1 Å². The smallest absolute Gasteiger partial charge is 0.142 e. The molecule has 13 heavy (non-hydrogen) atoms. The lowest BCUT2D eigenvalue weighted by molar-refractivity contribution is 0.409. The fourth-order valence-electron chi connectivity index (χ4n) is 1.16. The third-order valence-corrected chi connectivity index (χ3v) is 2.16. The molecule has 0 aliphatic rings. The van der Waals surface area contributed by atoms with Gasteiger partial charge in [-0.2, -0.15) is 0 Å². The Morgan fingerprint density at radius 2 is 2.08 bits per heavy atom. The third kappa shape index (κ3) is 2.50. The zero-order valence-corrected chi connectivity index (χ0v) is 9.04. The highest BCUT2D eigenvalue weighted by molar-refractivity contribution is 6.35. The maximum absolute atomic E-state index is 5.93. The Morgan fingerprint density at radius 3 is 2.62 bits per heavy atom. The zero-order chi connectivity index (χ0) is 9.84. The summed E-state index contributed by atoms with van der Waals surface area (Å²) in [6.45, 7) is 0.684. The van der Waals surface area contributed by atoms with Crippen LogP contribution in [0.4, 0.5) is 0 Å². The summed E-state index contributed by atoms with van der Waals surface area (Å²) in [6, 6.07) is 3.50. The van der Waals surface area contributed by atoms with Crippen molar-refractivity contribution in [2.24, 2.45) is 0 Å². The van der Waals surface area contributed by atoms with E-state index in [9.17, 15) is 0 Å². The van der Waals surface area contributed by atoms with Crippen LogP contribution in [0.5, 0.6) is 5.75 Å². The molecule has 0 aliphatic heterocycles. The lowest BCUT2D eigenvalue weighted by Crippen LogP contribution is -2.06. The molecule has 0 heterocycles. The summed E-state index contributed by atoms with van der Waals surface area (Å²) < 4.78 is 5.15. The van der Waals surface area contributed by atoms with Crippen LogP contribution < -0.4 is 10.1 Å². The Labute approximate surface area is 87.8 Å². The van der Waals surface area contributed by atoms with Crippen molar-refractivity contribution in [3.05, 3.63) is 27.7 Å². The monoisotopic (exact) mass is 219 g/mol. The summed E-state index contributed by atoms with van der Waals surface area (Å²) in [5.74, 6) is 0.681. The van der Waals surface area contributed by atoms with Crippen molar-refractivity contribution in [3.63, 3.8) is 0 Å². The molecule has 0 bridgehead atoms. The second-order valence-electron chi connectivity index (χ2n) is 2.61. The van der Waals surface area contributed by atoms with Crippen LogP contribution in [0.2, 0.25) is 10.0 Å². The van der Waals surface area contributed by atoms with Gasteiger partial charge in [0, 0.05) is 17.1 Å². The Balaban J connectivity index is 3.13. The summed E-state index contributed by atoms with van der Waals surface area (Å²) in [5, 5.41) is 4.18. The average Bonchev–Trinajstić information content (AvgIpc) is 2.04. The minimum atomic E-state index is 0.542. The molecule has 1 aromatic carbocycles. The van der Waals surface area contributed by atoms with Gasteiger partial charge in [0.2, 0.25) is 0 Å². The standard InChI is InChI=1S/C9H11Cl2NO/c1-12-5-6-3-7(10)4-8(11)9(6)13-2/h3-4,12H,5H2,1-2H3. The maximum Gasteiger partial charge on any atom is 0.142 e. The first-order valence-corrected chi connectivity index (χ1v) is 4.61. The quantitative estimate of drug-likeness (QED) is 0.845. The van der Waals surface area contributed by atoms with Gasteiger partial charge in [-0.05, 0) is 19.2 Å². The van der Waals surface area contributed by atoms with E-state index in [1.54, 1.807) is 13.2 Å². The van der Waals surface area contributed by atoms with Gasteiger partial charge in [-0.25, -0.2) is 0 Å². The SMILES string of the molecule is CNCc1cc(Cl)cc(Cl)c1OC. The number of rotatable bonds is 3. The number of benzene rings is 1. The highest BCUT2D eigenvalue weighted by Crippen LogP contribution is 2.31. The molecule has 1 rings (SSSR count). The van der Waals surface area contributed by atoms with Gasteiger partial charge in [-0.15, -0.1) is 0 Å². The first-order valence-electron chi connectivity index (χ1n) is 3.85. The van der Waals surface area contributed by atoms with Gasteiger partial charge in [-0.1, -0.05) is 23.2 Å². The third-order valence-electron chi connectivity index (χ3n) is 1.66. The van der Waals surface area contributed by atoms with Crippen molar-refractivity contribution >= 4 is 23.2 Å². The van der Waals surface area contributed by atoms with Crippen LogP contribution in [0.1, 0.15) is 5.56 Å². The molecule has 0 saturated carbocycles. The van der Waals surface area contributed by atoms with Gasteiger partial charge in [0.25, 0.3) is 0 Å². The van der Waals surface area contributed by atoms with Crippen LogP contribution in [-0.2, 0) is 6.54 Å². The molecular weight excluding hydrogens is 209 g/mol. The van der Waals surface area contributed by atoms with Crippen LogP contribution in [0.3, 0.4) is 0 Å². The predicted octanol–water partition coefficient (Wildman–Crippen LogP) is 2.72. The van der Waals surface area contributed by atoms with Crippen molar-refractivity contribution in [3.8, 4) is 5.75 Å². The van der Waals surface area contributed by atoms with Gasteiger partial charge in [0.1, 0.15) is 5.75 Å². The number of hydrogen-bond acceptors (Lipinski definition) is 2. The minimum absolute atomic E-state index is 0.542. The molecule has 2 nitrogen and oxygen atoms in total. The molecule has 0 radical (unpaired) electrons. The Kier molecular flexibility index (Phi) is 3.85. The van der Waals surface area contributed by atoms with E-state index < -0.39 is 0 Å². The van der Waals surface area contributed by atoms with E-state index in [2.05, 4.69) is 5.32 Å². The van der Waals surface area contributed by atoms with E-state index in [4.69, 9.17) is 27.9 Å². The van der Waals surface area contributed by atoms with Crippen LogP contribution in [0, 0.1) is 0 Å². The average molecular weight is 220 g/mol. The second kappa shape index (κ2) is 4.70. The molecule has 0 amide bonds. The van der Waals surface area contributed by atoms with E-state index in [0.717, 1.165) is 5.56 Å². The number of ether oxygens (including phenoxy) is 1. The first-order chi connectivity index (χ1) is 6.19. The van der Waals surface area contributed by atoms with E-state index >= 15 is 0 Å². The first kappa shape index (κ1) is 10.6. The predicted molar refractivity (Wildman–Crippen MR) is 55.8 cm³/mol. The van der Waals surface area contributed by atoms with Gasteiger partial charge in [-0.3, -0.25) is 0 Å². The molecule has 1 aromatic rings. The van der Waals surface area contributed by atoms with Gasteiger partial charge >= 0.3 is 0 Å². The summed E-state index contributed by atoms with van der Waals surface area (Å²) in [5.41, 5.74) is 0.961. The highest BCUT2D eigenvalue weighted by atomic mass is 35.5. The van der Waals surface area contributed by atoms with Gasteiger partial charge < -0.3 is 10.1 Å². The van der Waals surface area contributed by atoms with Crippen molar-refractivity contribution < 1.29 is 4.74 Å². The molecule has 1 N–H and O–H groups in total. The molecule has 0 spiro atoms. The summed E-state index contributed by atoms with van der Waals surface area (Å²) >= 11 is 11.8. The zero-order valence-electron chi connectivity index (χ0n) is 7.53. The molecule has 72 valence electrons. The number of methoxy groups -OCH3 is 1. The van der Waals surface area contributed by atoms with Crippen LogP contribution in [0.15, 0.2) is 12.1 Å². The Morgan fingerprint density at radius 1 is 1.38 bits per heavy atom. The van der Waals surface area contributed by atoms with E-state index in [0.29, 0.717) is 22.3 Å². The summed E-state index contributed by atoms with van der Waals surface area (Å²) in [6.07, 6.45) is 0. The topological polar surface area (TPSA) is 21.3 Å². The normalized spacial score (nSPS) is 10.2. The van der Waals surface area contributed by atoms with Gasteiger partial charge in [0.15, 0.2) is 0 Å². The summed E-state index contributed by atoms with van der Waals surface area (Å²) in [4.78, 5) is 0. The van der Waals surface area contributed by atoms with E-state index in [-0.39, 0.29) is 0 Å². The molecule has 0 unspecified atom stereocenters. The van der Waals surface area contributed by atoms with Crippen molar-refractivity contribution in [2.75, 3.05) is 14.2 Å². The second-order valence-corrected chi connectivity index (χ2v) is 3.45. The molecular formula is C9H11Cl2NO. The lowest BCUT2D eigenvalue weighted by Gasteiger charge is -2.10. The minimum Gasteiger partial charge on any atom is -0.495 e. The molecule has 0 atom stereocenters. The Bertz CT molecular complexity index is 302. The van der Waals surface area contributed by atoms with Crippen LogP contribution >= 0.6 is 23.2 Å². The molecule has 0 fully saturated rings. The fraction of sp³-hybridized carbons (Fsp3) is 0.333. The maximum atomic E-state index is 5.93. The molecule has 4 heteroatoms. The molecule has 0 aliphatic carbocycles. The largest absolute Gasteiger partial charge is 0.495 e. The number of nitrogens with one attached hydrogen (secondary N) is 1. The number of halogens is 2. The molecule has 0 saturated heterocycles. The van der Waals surface area contributed by atoms with Gasteiger partial charge in [0.05, 0.1) is 12.1 Å². The number of hydrogen-bond donors (Lipinski definition) is 1. The molecule has 0 aromatic heterocycles. The van der Waals surface area contributed by atoms with Crippen molar-refractivity contribution in [1.82, 2.24) is 5.32 Å². The lowest BCUT2D eigenvalue weighted by atomic mass is 10.2. The van der Waals surface area contributed by atoms with Crippen LogP contribution in [-0.4, -0.2) is 14.2 Å². The fourth-order valence-corrected chi connectivity index (χ4v) is 1.78. The van der Waals surface area contributed by atoms with Crippen molar-refractivity contribution in [1.29, 1.82) is 0 Å². The highest BCUT2D eigenvalue weighted by Gasteiger charge is 2.08. The summed E-state index contributed by atoms with van der Waals surface area (Å²) in [7, 11) is 3.45.